The van der Waals surface area contributed by atoms with Gasteiger partial charge in [0.05, 0.1) is 29.2 Å². The van der Waals surface area contributed by atoms with Crippen LogP contribution in [0.15, 0.2) is 43.5 Å². The number of fused-ring (bicyclic) bond motifs is 1. The van der Waals surface area contributed by atoms with E-state index < -0.39 is 34.6 Å². The van der Waals surface area contributed by atoms with Gasteiger partial charge in [-0.05, 0) is 44.7 Å². The van der Waals surface area contributed by atoms with E-state index in [-0.39, 0.29) is 36.8 Å². The number of likely N-dealkylation sites (tertiary alicyclic amines) is 1. The van der Waals surface area contributed by atoms with Gasteiger partial charge in [-0.15, -0.1) is 18.3 Å². The number of benzene rings is 1. The number of rotatable bonds is 9. The van der Waals surface area contributed by atoms with E-state index in [1.165, 1.54) is 6.08 Å². The molecule has 0 aromatic heterocycles. The molecular formula is C27H34N2O5S. The van der Waals surface area contributed by atoms with Crippen molar-refractivity contribution in [3.05, 3.63) is 54.6 Å². The molecule has 0 saturated carbocycles. The average molecular weight is 499 g/mol. The highest BCUT2D eigenvalue weighted by Gasteiger charge is 2.74. The molecule has 7 nitrogen and oxygen atoms in total. The van der Waals surface area contributed by atoms with Gasteiger partial charge < -0.3 is 19.6 Å². The number of aryl methyl sites for hydroxylation is 2. The Morgan fingerprint density at radius 2 is 2.00 bits per heavy atom. The van der Waals surface area contributed by atoms with Crippen LogP contribution < -0.4 is 4.90 Å². The van der Waals surface area contributed by atoms with Gasteiger partial charge >= 0.3 is 5.97 Å². The first kappa shape index (κ1) is 25.5. The highest BCUT2D eigenvalue weighted by atomic mass is 32.2. The van der Waals surface area contributed by atoms with Gasteiger partial charge in [0, 0.05) is 17.5 Å². The van der Waals surface area contributed by atoms with Gasteiger partial charge in [-0.1, -0.05) is 36.9 Å². The molecule has 3 heterocycles. The van der Waals surface area contributed by atoms with Crippen LogP contribution in [0.25, 0.3) is 0 Å². The number of aliphatic hydroxyl groups is 1. The maximum atomic E-state index is 14.5. The molecule has 3 aliphatic rings. The summed E-state index contributed by atoms with van der Waals surface area (Å²) in [4.78, 5) is 44.6. The summed E-state index contributed by atoms with van der Waals surface area (Å²) in [6, 6.07) is 4.51. The molecule has 1 spiro atoms. The van der Waals surface area contributed by atoms with E-state index in [0.29, 0.717) is 6.42 Å². The maximum absolute atomic E-state index is 14.5. The maximum Gasteiger partial charge on any atom is 0.311 e. The molecule has 188 valence electrons. The molecule has 3 fully saturated rings. The summed E-state index contributed by atoms with van der Waals surface area (Å²) in [5.41, 5.74) is 2.71. The number of ether oxygens (including phenoxy) is 1. The predicted molar refractivity (Wildman–Crippen MR) is 137 cm³/mol. The fraction of sp³-hybridized carbons (Fsp3) is 0.519. The van der Waals surface area contributed by atoms with Crippen molar-refractivity contribution in [1.82, 2.24) is 4.90 Å². The highest BCUT2D eigenvalue weighted by Crippen LogP contribution is 2.67. The molecule has 3 saturated heterocycles. The molecule has 1 aromatic rings. The quantitative estimate of drug-likeness (QED) is 0.416. The van der Waals surface area contributed by atoms with Crippen LogP contribution in [0.3, 0.4) is 0 Å². The molecule has 1 N–H and O–H groups in total. The molecule has 8 heteroatoms. The van der Waals surface area contributed by atoms with Gasteiger partial charge in [-0.3, -0.25) is 14.4 Å². The van der Waals surface area contributed by atoms with Crippen molar-refractivity contribution in [1.29, 1.82) is 0 Å². The van der Waals surface area contributed by atoms with E-state index in [0.717, 1.165) is 23.2 Å². The van der Waals surface area contributed by atoms with Crippen LogP contribution in [-0.2, 0) is 19.1 Å². The summed E-state index contributed by atoms with van der Waals surface area (Å²) in [7, 11) is 0. The zero-order valence-electron chi connectivity index (χ0n) is 20.6. The van der Waals surface area contributed by atoms with Crippen LogP contribution in [0, 0.1) is 25.7 Å². The third-order valence-corrected chi connectivity index (χ3v) is 9.57. The lowest BCUT2D eigenvalue weighted by Gasteiger charge is -2.39. The molecular weight excluding hydrogens is 464 g/mol. The van der Waals surface area contributed by atoms with Crippen molar-refractivity contribution in [3.63, 3.8) is 0 Å². The van der Waals surface area contributed by atoms with E-state index in [9.17, 15) is 19.5 Å². The van der Waals surface area contributed by atoms with Crippen molar-refractivity contribution in [2.24, 2.45) is 11.8 Å². The number of carbonyl (C=O) groups is 3. The molecule has 1 aromatic carbocycles. The number of carbonyl (C=O) groups excluding carboxylic acids is 3. The van der Waals surface area contributed by atoms with Crippen molar-refractivity contribution in [2.45, 2.75) is 55.7 Å². The molecule has 2 unspecified atom stereocenters. The number of hydrogen-bond donors (Lipinski definition) is 1. The second kappa shape index (κ2) is 9.82. The number of para-hydroxylation sites is 1. The molecule has 0 aliphatic carbocycles. The summed E-state index contributed by atoms with van der Waals surface area (Å²) >= 11 is 1.59. The summed E-state index contributed by atoms with van der Waals surface area (Å²) < 4.78 is 4.65. The van der Waals surface area contributed by atoms with Gasteiger partial charge in [0.25, 0.3) is 5.91 Å². The largest absolute Gasteiger partial charge is 0.461 e. The first-order valence-electron chi connectivity index (χ1n) is 12.1. The van der Waals surface area contributed by atoms with Gasteiger partial charge in [0.2, 0.25) is 5.91 Å². The van der Waals surface area contributed by atoms with Crippen LogP contribution in [-0.4, -0.2) is 69.6 Å². The monoisotopic (exact) mass is 498 g/mol. The molecule has 2 bridgehead atoms. The van der Waals surface area contributed by atoms with Gasteiger partial charge in [0.1, 0.15) is 12.6 Å². The number of aliphatic hydroxyl groups excluding tert-OH is 1. The Kier molecular flexibility index (Phi) is 7.16. The molecule has 6 atom stereocenters. The number of esters is 1. The Morgan fingerprint density at radius 3 is 2.60 bits per heavy atom. The van der Waals surface area contributed by atoms with Crippen LogP contribution in [0.2, 0.25) is 0 Å². The zero-order chi connectivity index (χ0) is 25.5. The van der Waals surface area contributed by atoms with Crippen LogP contribution in [0.1, 0.15) is 30.9 Å². The molecule has 3 aliphatic heterocycles. The minimum absolute atomic E-state index is 0.0730. The van der Waals surface area contributed by atoms with E-state index in [1.807, 2.05) is 32.0 Å². The Hall–Kier alpha value is -2.58. The lowest BCUT2D eigenvalue weighted by atomic mass is 9.71. The Balaban J connectivity index is 1.81. The minimum Gasteiger partial charge on any atom is -0.461 e. The van der Waals surface area contributed by atoms with Gasteiger partial charge in [-0.25, -0.2) is 0 Å². The number of thioether (sulfide) groups is 1. The fourth-order valence-corrected chi connectivity index (χ4v) is 8.42. The smallest absolute Gasteiger partial charge is 0.311 e. The minimum atomic E-state index is -0.798. The van der Waals surface area contributed by atoms with E-state index in [2.05, 4.69) is 13.2 Å². The van der Waals surface area contributed by atoms with Crippen LogP contribution in [0.4, 0.5) is 5.69 Å². The lowest BCUT2D eigenvalue weighted by molar-refractivity contribution is -0.153. The third kappa shape index (κ3) is 3.91. The van der Waals surface area contributed by atoms with Gasteiger partial charge in [0.15, 0.2) is 0 Å². The van der Waals surface area contributed by atoms with Crippen LogP contribution >= 0.6 is 11.8 Å². The molecule has 4 rings (SSSR count). The summed E-state index contributed by atoms with van der Waals surface area (Å²) in [6.45, 7) is 13.2. The Morgan fingerprint density at radius 1 is 1.31 bits per heavy atom. The predicted octanol–water partition coefficient (Wildman–Crippen LogP) is 3.02. The molecule has 0 radical (unpaired) electrons. The zero-order valence-corrected chi connectivity index (χ0v) is 21.4. The number of nitrogens with zero attached hydrogens (tertiary/aromatic N) is 2. The number of anilines is 1. The molecule has 2 amide bonds. The van der Waals surface area contributed by atoms with Crippen molar-refractivity contribution in [2.75, 3.05) is 24.7 Å². The molecule has 35 heavy (non-hydrogen) atoms. The van der Waals surface area contributed by atoms with E-state index >= 15 is 0 Å². The summed E-state index contributed by atoms with van der Waals surface area (Å²) in [5.74, 6) is -2.13. The standard InChI is InChI=1S/C27H34N2O5S/c1-6-13-28(22-16(3)9-8-10-17(22)4)25(32)23-27-12-11-19(35-27)20(26(33)34-14-7-2)21(27)24(31)29(23)18(5)15-30/h6-10,18-21,23,30H,1-2,11-15H2,3-5H3/t18-,19-,20+,21+,23?,27?/m1/s1. The third-order valence-electron chi connectivity index (χ3n) is 7.61. The van der Waals surface area contributed by atoms with Crippen molar-refractivity contribution < 1.29 is 24.2 Å². The fourth-order valence-electron chi connectivity index (χ4n) is 6.24. The normalized spacial score (nSPS) is 29.6. The van der Waals surface area contributed by atoms with Crippen molar-refractivity contribution in [3.8, 4) is 0 Å². The average Bonchev–Trinajstić information content (AvgIpc) is 3.48. The lowest BCUT2D eigenvalue weighted by Crippen LogP contribution is -2.57. The highest BCUT2D eigenvalue weighted by molar-refractivity contribution is 8.02. The second-order valence-electron chi connectivity index (χ2n) is 9.73. The Labute approximate surface area is 211 Å². The van der Waals surface area contributed by atoms with Gasteiger partial charge in [-0.2, -0.15) is 0 Å². The first-order chi connectivity index (χ1) is 16.7. The second-order valence-corrected chi connectivity index (χ2v) is 11.3. The van der Waals surface area contributed by atoms with E-state index in [4.69, 9.17) is 4.74 Å². The Bertz CT molecular complexity index is 1040. The number of amides is 2. The van der Waals surface area contributed by atoms with E-state index in [1.54, 1.807) is 34.6 Å². The van der Waals surface area contributed by atoms with Crippen LogP contribution in [0.5, 0.6) is 0 Å². The first-order valence-corrected chi connectivity index (χ1v) is 13.0. The number of hydrogen-bond acceptors (Lipinski definition) is 6. The summed E-state index contributed by atoms with van der Waals surface area (Å²) in [6.07, 6.45) is 4.58. The van der Waals surface area contributed by atoms with Crippen molar-refractivity contribution >= 4 is 35.2 Å². The SMILES string of the molecule is C=CCOC(=O)[C@@H]1[C@H]2C(=O)N([C@H](C)CO)C(C(=O)N(CC=C)c3c(C)cccc3C)C23CC[C@H]1S3. The topological polar surface area (TPSA) is 87.1 Å². The summed E-state index contributed by atoms with van der Waals surface area (Å²) in [5, 5.41) is 9.96.